The van der Waals surface area contributed by atoms with Gasteiger partial charge in [0.1, 0.15) is 17.9 Å². The summed E-state index contributed by atoms with van der Waals surface area (Å²) < 4.78 is 18.4. The number of fused-ring (bicyclic) bond motifs is 1. The minimum atomic E-state index is -0.0153. The Balaban J connectivity index is 1.42. The van der Waals surface area contributed by atoms with Crippen molar-refractivity contribution in [3.8, 4) is 22.9 Å². The molecule has 9 heteroatoms. The Morgan fingerprint density at radius 3 is 2.63 bits per heavy atom. The number of nitrogens with zero attached hydrogens (tertiary/aromatic N) is 4. The van der Waals surface area contributed by atoms with Crippen LogP contribution in [0.15, 0.2) is 83.1 Å². The summed E-state index contributed by atoms with van der Waals surface area (Å²) in [4.78, 5) is 10.5. The predicted octanol–water partition coefficient (Wildman–Crippen LogP) is 4.68. The number of allylic oxidation sites excluding steroid dienone is 1. The van der Waals surface area contributed by atoms with Crippen molar-refractivity contribution in [2.75, 3.05) is 26.4 Å². The molecule has 190 valence electrons. The van der Waals surface area contributed by atoms with Crippen LogP contribution in [0, 0.1) is 11.3 Å². The summed E-state index contributed by atoms with van der Waals surface area (Å²) in [6.07, 6.45) is 7.19. The maximum Gasteiger partial charge on any atom is 0.150 e. The Morgan fingerprint density at radius 1 is 1.13 bits per heavy atom. The van der Waals surface area contributed by atoms with Gasteiger partial charge in [-0.15, -0.1) is 0 Å². The average Bonchev–Trinajstić information content (AvgIpc) is 3.25. The number of pyridine rings is 1. The lowest BCUT2D eigenvalue weighted by Crippen LogP contribution is -2.38. The molecule has 0 saturated carbocycles. The van der Waals surface area contributed by atoms with Gasteiger partial charge in [-0.3, -0.25) is 8.96 Å². The highest BCUT2D eigenvalue weighted by Gasteiger charge is 2.22. The molecule has 2 fully saturated rings. The smallest absolute Gasteiger partial charge is 0.150 e. The zero-order valence-electron chi connectivity index (χ0n) is 20.5. The standard InChI is InChI=1S/C29H25N5O3S/c30-10-20-8-19(6-7-28(20)37-24-17-36-18-24)27-14-34(38-25-4-2-1-3-5-25)29-26(27)9-21(12-33-29)22(11-31)13-32-23-15-35-16-23/h1-9,11-14,23-24H,15-18,31H2/b22-11+,32-13?. The number of hydrogen-bond acceptors (Lipinski definition) is 8. The molecule has 0 atom stereocenters. The van der Waals surface area contributed by atoms with Crippen molar-refractivity contribution in [2.45, 2.75) is 17.0 Å². The largest absolute Gasteiger partial charge is 0.484 e. The van der Waals surface area contributed by atoms with E-state index in [-0.39, 0.29) is 12.1 Å². The highest BCUT2D eigenvalue weighted by atomic mass is 32.2. The number of aromatic nitrogens is 2. The van der Waals surface area contributed by atoms with Crippen LogP contribution < -0.4 is 10.5 Å². The lowest BCUT2D eigenvalue weighted by Gasteiger charge is -2.27. The topological polar surface area (TPSA) is 108 Å². The second-order valence-electron chi connectivity index (χ2n) is 9.06. The molecule has 0 aliphatic carbocycles. The number of rotatable bonds is 8. The average molecular weight is 524 g/mol. The predicted molar refractivity (Wildman–Crippen MR) is 148 cm³/mol. The Labute approximate surface area is 224 Å². The maximum atomic E-state index is 9.86. The summed E-state index contributed by atoms with van der Waals surface area (Å²) in [5, 5.41) is 10.8. The summed E-state index contributed by atoms with van der Waals surface area (Å²) in [5.41, 5.74) is 10.8. The molecule has 2 aromatic heterocycles. The molecule has 6 rings (SSSR count). The van der Waals surface area contributed by atoms with Gasteiger partial charge in [-0.1, -0.05) is 24.3 Å². The van der Waals surface area contributed by atoms with Crippen LogP contribution in [0.3, 0.4) is 0 Å². The highest BCUT2D eigenvalue weighted by Crippen LogP contribution is 2.37. The third kappa shape index (κ3) is 4.89. The van der Waals surface area contributed by atoms with E-state index >= 15 is 0 Å². The summed E-state index contributed by atoms with van der Waals surface area (Å²) in [6, 6.07) is 20.4. The van der Waals surface area contributed by atoms with Gasteiger partial charge in [-0.05, 0) is 47.8 Å². The van der Waals surface area contributed by atoms with E-state index in [0.29, 0.717) is 37.7 Å². The summed E-state index contributed by atoms with van der Waals surface area (Å²) in [5.74, 6) is 0.565. The van der Waals surface area contributed by atoms with E-state index in [9.17, 15) is 5.26 Å². The SMILES string of the molecule is N#Cc1cc(-c2cn(Sc3ccccc3)c3ncc(/C(C=NC4COC4)=C/N)cc23)ccc1OC1COC1. The van der Waals surface area contributed by atoms with Crippen molar-refractivity contribution >= 4 is 34.8 Å². The van der Waals surface area contributed by atoms with Crippen LogP contribution in [0.5, 0.6) is 5.75 Å². The van der Waals surface area contributed by atoms with Crippen molar-refractivity contribution in [2.24, 2.45) is 10.7 Å². The zero-order valence-corrected chi connectivity index (χ0v) is 21.3. The highest BCUT2D eigenvalue weighted by molar-refractivity contribution is 7.98. The van der Waals surface area contributed by atoms with Gasteiger partial charge in [0.25, 0.3) is 0 Å². The van der Waals surface area contributed by atoms with Gasteiger partial charge in [0, 0.05) is 51.8 Å². The molecule has 4 aromatic rings. The third-order valence-corrected chi connectivity index (χ3v) is 7.39. The van der Waals surface area contributed by atoms with E-state index in [4.69, 9.17) is 24.9 Å². The van der Waals surface area contributed by atoms with Crippen LogP contribution >= 0.6 is 11.9 Å². The van der Waals surface area contributed by atoms with Gasteiger partial charge in [0.2, 0.25) is 0 Å². The van der Waals surface area contributed by atoms with Gasteiger partial charge in [-0.25, -0.2) is 4.98 Å². The van der Waals surface area contributed by atoms with Crippen molar-refractivity contribution in [3.63, 3.8) is 0 Å². The van der Waals surface area contributed by atoms with E-state index in [0.717, 1.165) is 38.2 Å². The Kier molecular flexibility index (Phi) is 6.84. The Hall–Kier alpha value is -4.10. The molecule has 0 amide bonds. The molecule has 2 aromatic carbocycles. The first-order valence-electron chi connectivity index (χ1n) is 12.3. The molecule has 8 nitrogen and oxygen atoms in total. The van der Waals surface area contributed by atoms with Crippen molar-refractivity contribution < 1.29 is 14.2 Å². The Bertz CT molecular complexity index is 1570. The van der Waals surface area contributed by atoms with Crippen LogP contribution in [-0.4, -0.2) is 53.7 Å². The van der Waals surface area contributed by atoms with Crippen LogP contribution in [-0.2, 0) is 9.47 Å². The Morgan fingerprint density at radius 2 is 1.95 bits per heavy atom. The number of aliphatic imine (C=N–C) groups is 1. The lowest BCUT2D eigenvalue weighted by molar-refractivity contribution is -0.0797. The molecule has 0 spiro atoms. The number of nitrogens with two attached hydrogens (primary N) is 1. The fourth-order valence-corrected chi connectivity index (χ4v) is 5.09. The van der Waals surface area contributed by atoms with Crippen LogP contribution in [0.4, 0.5) is 0 Å². The van der Waals surface area contributed by atoms with Gasteiger partial charge < -0.3 is 19.9 Å². The van der Waals surface area contributed by atoms with E-state index in [1.54, 1.807) is 24.4 Å². The van der Waals surface area contributed by atoms with E-state index in [1.807, 2.05) is 42.6 Å². The number of hydrogen-bond donors (Lipinski definition) is 1. The van der Waals surface area contributed by atoms with E-state index < -0.39 is 0 Å². The molecular weight excluding hydrogens is 498 g/mol. The fraction of sp³-hybridized carbons (Fsp3) is 0.207. The first-order chi connectivity index (χ1) is 18.7. The maximum absolute atomic E-state index is 9.86. The number of benzene rings is 2. The van der Waals surface area contributed by atoms with E-state index in [1.165, 1.54) is 0 Å². The molecule has 4 heterocycles. The summed E-state index contributed by atoms with van der Waals surface area (Å²) >= 11 is 1.58. The molecular formula is C29H25N5O3S. The van der Waals surface area contributed by atoms with E-state index in [2.05, 4.69) is 39.4 Å². The first-order valence-corrected chi connectivity index (χ1v) is 13.1. The molecule has 38 heavy (non-hydrogen) atoms. The van der Waals surface area contributed by atoms with Gasteiger partial charge in [0.15, 0.2) is 5.65 Å². The van der Waals surface area contributed by atoms with Gasteiger partial charge in [-0.2, -0.15) is 5.26 Å². The fourth-order valence-electron chi connectivity index (χ4n) is 4.19. The van der Waals surface area contributed by atoms with Gasteiger partial charge >= 0.3 is 0 Å². The van der Waals surface area contributed by atoms with Crippen molar-refractivity contribution in [3.05, 3.63) is 84.3 Å². The molecule has 2 saturated heterocycles. The van der Waals surface area contributed by atoms with Crippen LogP contribution in [0.25, 0.3) is 27.7 Å². The number of nitriles is 1. The van der Waals surface area contributed by atoms with Crippen molar-refractivity contribution in [1.29, 1.82) is 5.26 Å². The minimum absolute atomic E-state index is 0.0153. The minimum Gasteiger partial charge on any atom is -0.484 e. The molecule has 0 radical (unpaired) electrons. The number of ether oxygens (including phenoxy) is 3. The normalized spacial score (nSPS) is 16.3. The molecule has 2 aliphatic rings. The van der Waals surface area contributed by atoms with Crippen LogP contribution in [0.2, 0.25) is 0 Å². The molecule has 2 N–H and O–H groups in total. The van der Waals surface area contributed by atoms with Crippen molar-refractivity contribution in [1.82, 2.24) is 8.96 Å². The zero-order chi connectivity index (χ0) is 25.9. The van der Waals surface area contributed by atoms with Crippen LogP contribution in [0.1, 0.15) is 11.1 Å². The quantitative estimate of drug-likeness (QED) is 0.334. The second kappa shape index (κ2) is 10.7. The lowest BCUT2D eigenvalue weighted by atomic mass is 10.0. The summed E-state index contributed by atoms with van der Waals surface area (Å²) in [6.45, 7) is 2.34. The monoisotopic (exact) mass is 523 g/mol. The molecule has 0 unspecified atom stereocenters. The molecule has 2 aliphatic heterocycles. The first kappa shape index (κ1) is 24.2. The summed E-state index contributed by atoms with van der Waals surface area (Å²) in [7, 11) is 0. The molecule has 0 bridgehead atoms. The second-order valence-corrected chi connectivity index (χ2v) is 10.1. The van der Waals surface area contributed by atoms with Gasteiger partial charge in [0.05, 0.1) is 38.0 Å². The third-order valence-electron chi connectivity index (χ3n) is 6.43.